The third-order valence-corrected chi connectivity index (χ3v) is 3.33. The average molecular weight is 275 g/mol. The second kappa shape index (κ2) is 6.57. The lowest BCUT2D eigenvalue weighted by molar-refractivity contribution is 0.0697. The van der Waals surface area contributed by atoms with E-state index in [1.165, 1.54) is 0 Å². The molecule has 108 valence electrons. The maximum atomic E-state index is 10.9. The second-order valence-corrected chi connectivity index (χ2v) is 5.38. The highest BCUT2D eigenvalue weighted by Crippen LogP contribution is 2.17. The molecule has 0 atom stereocenters. The van der Waals surface area contributed by atoms with Crippen molar-refractivity contribution in [1.82, 2.24) is 4.57 Å². The summed E-state index contributed by atoms with van der Waals surface area (Å²) in [6, 6.07) is 7.14. The van der Waals surface area contributed by atoms with Gasteiger partial charge in [-0.25, -0.2) is 4.79 Å². The molecule has 4 heteroatoms. The van der Waals surface area contributed by atoms with Gasteiger partial charge < -0.3 is 14.4 Å². The normalized spacial score (nSPS) is 11.3. The molecule has 0 amide bonds. The molecule has 0 aliphatic rings. The lowest BCUT2D eigenvalue weighted by atomic mass is 10.1. The van der Waals surface area contributed by atoms with Crippen LogP contribution in [0.4, 0.5) is 0 Å². The van der Waals surface area contributed by atoms with Gasteiger partial charge in [0.2, 0.25) is 0 Å². The van der Waals surface area contributed by atoms with Gasteiger partial charge in [0.15, 0.2) is 0 Å². The van der Waals surface area contributed by atoms with Crippen molar-refractivity contribution in [2.75, 3.05) is 13.2 Å². The van der Waals surface area contributed by atoms with E-state index in [-0.39, 0.29) is 0 Å². The van der Waals surface area contributed by atoms with Gasteiger partial charge in [0.1, 0.15) is 0 Å². The van der Waals surface area contributed by atoms with E-state index in [9.17, 15) is 4.79 Å². The maximum absolute atomic E-state index is 10.9. The van der Waals surface area contributed by atoms with Crippen LogP contribution in [-0.2, 0) is 11.3 Å². The Morgan fingerprint density at radius 3 is 2.80 bits per heavy atom. The van der Waals surface area contributed by atoms with Gasteiger partial charge in [-0.1, -0.05) is 13.8 Å². The molecule has 2 aromatic rings. The quantitative estimate of drug-likeness (QED) is 0.788. The summed E-state index contributed by atoms with van der Waals surface area (Å²) in [7, 11) is 0. The Hall–Kier alpha value is -1.81. The standard InChI is InChI=1S/C16H21NO3/c1-12(2)6-9-20-10-8-17-7-5-13-11-14(16(18)19)3-4-15(13)17/h3-5,7,11-12H,6,8-10H2,1-2H3,(H,18,19). The third kappa shape index (κ3) is 3.61. The maximum Gasteiger partial charge on any atom is 0.335 e. The molecule has 0 aliphatic heterocycles. The predicted molar refractivity (Wildman–Crippen MR) is 79.2 cm³/mol. The summed E-state index contributed by atoms with van der Waals surface area (Å²) in [6.45, 7) is 6.62. The van der Waals surface area contributed by atoms with Crippen LogP contribution in [0.1, 0.15) is 30.6 Å². The monoisotopic (exact) mass is 275 g/mol. The van der Waals surface area contributed by atoms with E-state index in [0.717, 1.165) is 30.5 Å². The fourth-order valence-corrected chi connectivity index (χ4v) is 2.11. The van der Waals surface area contributed by atoms with Crippen molar-refractivity contribution in [1.29, 1.82) is 0 Å². The van der Waals surface area contributed by atoms with Crippen LogP contribution >= 0.6 is 0 Å². The number of fused-ring (bicyclic) bond motifs is 1. The zero-order valence-electron chi connectivity index (χ0n) is 12.0. The Bertz CT molecular complexity index is 586. The molecule has 1 aromatic carbocycles. The number of aromatic nitrogens is 1. The van der Waals surface area contributed by atoms with Gasteiger partial charge in [0.05, 0.1) is 12.2 Å². The first-order valence-corrected chi connectivity index (χ1v) is 6.98. The van der Waals surface area contributed by atoms with Gasteiger partial charge in [-0.15, -0.1) is 0 Å². The summed E-state index contributed by atoms with van der Waals surface area (Å²) in [5, 5.41) is 9.92. The number of rotatable bonds is 7. The number of hydrogen-bond donors (Lipinski definition) is 1. The Morgan fingerprint density at radius 1 is 1.30 bits per heavy atom. The first-order chi connectivity index (χ1) is 9.58. The number of carbonyl (C=O) groups is 1. The minimum atomic E-state index is -0.892. The van der Waals surface area contributed by atoms with Crippen molar-refractivity contribution < 1.29 is 14.6 Å². The van der Waals surface area contributed by atoms with Crippen LogP contribution < -0.4 is 0 Å². The average Bonchev–Trinajstić information content (AvgIpc) is 2.80. The van der Waals surface area contributed by atoms with E-state index in [1.54, 1.807) is 12.1 Å². The molecule has 0 aliphatic carbocycles. The van der Waals surface area contributed by atoms with Crippen LogP contribution in [0.5, 0.6) is 0 Å². The van der Waals surface area contributed by atoms with Crippen LogP contribution in [0.3, 0.4) is 0 Å². The lowest BCUT2D eigenvalue weighted by Gasteiger charge is -2.08. The Kier molecular flexibility index (Phi) is 4.79. The summed E-state index contributed by atoms with van der Waals surface area (Å²) in [4.78, 5) is 10.9. The second-order valence-electron chi connectivity index (χ2n) is 5.38. The number of nitrogens with zero attached hydrogens (tertiary/aromatic N) is 1. The Balaban J connectivity index is 1.96. The molecule has 2 rings (SSSR count). The first kappa shape index (κ1) is 14.6. The van der Waals surface area contributed by atoms with Gasteiger partial charge in [-0.3, -0.25) is 0 Å². The topological polar surface area (TPSA) is 51.5 Å². The SMILES string of the molecule is CC(C)CCOCCn1ccc2cc(C(=O)O)ccc21. The highest BCUT2D eigenvalue weighted by Gasteiger charge is 2.06. The summed E-state index contributed by atoms with van der Waals surface area (Å²) in [5.41, 5.74) is 1.37. The summed E-state index contributed by atoms with van der Waals surface area (Å²) >= 11 is 0. The molecule has 0 unspecified atom stereocenters. The van der Waals surface area contributed by atoms with Crippen LogP contribution in [-0.4, -0.2) is 28.9 Å². The van der Waals surface area contributed by atoms with E-state index in [1.807, 2.05) is 18.3 Å². The number of ether oxygens (including phenoxy) is 1. The zero-order valence-corrected chi connectivity index (χ0v) is 12.0. The van der Waals surface area contributed by atoms with Crippen molar-refractivity contribution in [3.05, 3.63) is 36.0 Å². The fraction of sp³-hybridized carbons (Fsp3) is 0.438. The van der Waals surface area contributed by atoms with Gasteiger partial charge >= 0.3 is 5.97 Å². The van der Waals surface area contributed by atoms with E-state index < -0.39 is 5.97 Å². The van der Waals surface area contributed by atoms with Crippen LogP contribution in [0.15, 0.2) is 30.5 Å². The van der Waals surface area contributed by atoms with Crippen molar-refractivity contribution in [3.8, 4) is 0 Å². The fourth-order valence-electron chi connectivity index (χ4n) is 2.11. The molecule has 1 N–H and O–H groups in total. The van der Waals surface area contributed by atoms with Gasteiger partial charge in [-0.05, 0) is 36.6 Å². The minimum Gasteiger partial charge on any atom is -0.478 e. The van der Waals surface area contributed by atoms with E-state index >= 15 is 0 Å². The van der Waals surface area contributed by atoms with E-state index in [0.29, 0.717) is 18.1 Å². The van der Waals surface area contributed by atoms with Crippen molar-refractivity contribution >= 4 is 16.9 Å². The van der Waals surface area contributed by atoms with Crippen LogP contribution in [0.25, 0.3) is 10.9 Å². The largest absolute Gasteiger partial charge is 0.478 e. The molecular weight excluding hydrogens is 254 g/mol. The van der Waals surface area contributed by atoms with Crippen molar-refractivity contribution in [2.24, 2.45) is 5.92 Å². The Labute approximate surface area is 119 Å². The molecular formula is C16H21NO3. The third-order valence-electron chi connectivity index (χ3n) is 3.33. The van der Waals surface area contributed by atoms with E-state index in [4.69, 9.17) is 9.84 Å². The predicted octanol–water partition coefficient (Wildman–Crippen LogP) is 3.40. The number of carboxylic acid groups (broad SMARTS) is 1. The molecule has 1 aromatic heterocycles. The van der Waals surface area contributed by atoms with Gasteiger partial charge in [0.25, 0.3) is 0 Å². The lowest BCUT2D eigenvalue weighted by Crippen LogP contribution is -2.07. The van der Waals surface area contributed by atoms with E-state index in [2.05, 4.69) is 18.4 Å². The highest BCUT2D eigenvalue weighted by molar-refractivity contribution is 5.93. The Morgan fingerprint density at radius 2 is 2.10 bits per heavy atom. The zero-order chi connectivity index (χ0) is 14.5. The van der Waals surface area contributed by atoms with Gasteiger partial charge in [0, 0.05) is 30.3 Å². The number of hydrogen-bond acceptors (Lipinski definition) is 2. The first-order valence-electron chi connectivity index (χ1n) is 6.98. The van der Waals surface area contributed by atoms with Crippen molar-refractivity contribution in [3.63, 3.8) is 0 Å². The molecule has 0 saturated heterocycles. The minimum absolute atomic E-state index is 0.323. The number of aromatic carboxylic acids is 1. The molecule has 0 fully saturated rings. The van der Waals surface area contributed by atoms with Crippen LogP contribution in [0.2, 0.25) is 0 Å². The molecule has 0 saturated carbocycles. The van der Waals surface area contributed by atoms with Gasteiger partial charge in [-0.2, -0.15) is 0 Å². The molecule has 0 bridgehead atoms. The van der Waals surface area contributed by atoms with Crippen LogP contribution in [0, 0.1) is 5.92 Å². The smallest absolute Gasteiger partial charge is 0.335 e. The summed E-state index contributed by atoms with van der Waals surface area (Å²) < 4.78 is 7.71. The summed E-state index contributed by atoms with van der Waals surface area (Å²) in [6.07, 6.45) is 3.05. The number of carboxylic acids is 1. The molecule has 1 heterocycles. The molecule has 20 heavy (non-hydrogen) atoms. The molecule has 0 spiro atoms. The number of benzene rings is 1. The van der Waals surface area contributed by atoms with Crippen molar-refractivity contribution in [2.45, 2.75) is 26.8 Å². The summed E-state index contributed by atoms with van der Waals surface area (Å²) in [5.74, 6) is -0.228. The highest BCUT2D eigenvalue weighted by atomic mass is 16.5. The molecule has 0 radical (unpaired) electrons. The molecule has 4 nitrogen and oxygen atoms in total.